The predicted molar refractivity (Wildman–Crippen MR) is 43.6 cm³/mol. The largest absolute Gasteiger partial charge is 0.324 e. The zero-order valence-electron chi connectivity index (χ0n) is 6.80. The third-order valence-electron chi connectivity index (χ3n) is 1.05. The van der Waals surface area contributed by atoms with Crippen molar-refractivity contribution in [3.05, 3.63) is 12.8 Å². The number of quaternary nitrogens is 1. The third-order valence-corrected chi connectivity index (χ3v) is 1.19. The molecule has 0 N–H and O–H groups in total. The van der Waals surface area contributed by atoms with Crippen molar-refractivity contribution < 1.29 is 9.48 Å². The quantitative estimate of drug-likeness (QED) is 0.266. The fourth-order valence-electron chi connectivity index (χ4n) is 0.851. The SMILES string of the molecule is C=CO[N+](C)(C)CC(C)Cl. The third kappa shape index (κ3) is 4.65. The van der Waals surface area contributed by atoms with Crippen LogP contribution >= 0.6 is 11.6 Å². The number of hydroxylamine groups is 3. The van der Waals surface area contributed by atoms with Gasteiger partial charge in [0.05, 0.1) is 5.38 Å². The van der Waals surface area contributed by atoms with Gasteiger partial charge in [-0.3, -0.25) is 0 Å². The highest BCUT2D eigenvalue weighted by Gasteiger charge is 2.18. The van der Waals surface area contributed by atoms with Crippen LogP contribution in [0.4, 0.5) is 0 Å². The first-order valence-corrected chi connectivity index (χ1v) is 3.68. The Morgan fingerprint density at radius 2 is 2.20 bits per heavy atom. The summed E-state index contributed by atoms with van der Waals surface area (Å²) in [5.74, 6) is 0. The normalized spacial score (nSPS) is 14.4. The Kier molecular flexibility index (Phi) is 3.76. The molecule has 0 aliphatic heterocycles. The molecule has 0 radical (unpaired) electrons. The smallest absolute Gasteiger partial charge is 0.147 e. The highest BCUT2D eigenvalue weighted by atomic mass is 35.5. The summed E-state index contributed by atoms with van der Waals surface area (Å²) in [5, 5.41) is 0.120. The van der Waals surface area contributed by atoms with Crippen LogP contribution in [-0.2, 0) is 4.84 Å². The van der Waals surface area contributed by atoms with Gasteiger partial charge in [-0.05, 0) is 6.92 Å². The number of hydrogen-bond donors (Lipinski definition) is 0. The molecule has 60 valence electrons. The van der Waals surface area contributed by atoms with Crippen molar-refractivity contribution in [2.75, 3.05) is 20.6 Å². The average molecular weight is 165 g/mol. The van der Waals surface area contributed by atoms with Crippen LogP contribution in [0, 0.1) is 0 Å². The molecular formula is C7H15ClNO+. The van der Waals surface area contributed by atoms with Gasteiger partial charge in [-0.1, -0.05) is 6.58 Å². The van der Waals surface area contributed by atoms with Crippen LogP contribution in [0.3, 0.4) is 0 Å². The summed E-state index contributed by atoms with van der Waals surface area (Å²) in [6, 6.07) is 0. The van der Waals surface area contributed by atoms with Gasteiger partial charge in [0.1, 0.15) is 26.9 Å². The zero-order chi connectivity index (χ0) is 8.20. The summed E-state index contributed by atoms with van der Waals surface area (Å²) in [5.41, 5.74) is 0. The minimum Gasteiger partial charge on any atom is -0.324 e. The summed E-state index contributed by atoms with van der Waals surface area (Å²) >= 11 is 5.77. The lowest BCUT2D eigenvalue weighted by Crippen LogP contribution is -2.41. The topological polar surface area (TPSA) is 9.23 Å². The van der Waals surface area contributed by atoms with Crippen molar-refractivity contribution in [2.24, 2.45) is 0 Å². The van der Waals surface area contributed by atoms with Gasteiger partial charge in [0, 0.05) is 0 Å². The summed E-state index contributed by atoms with van der Waals surface area (Å²) in [4.78, 5) is 5.16. The molecule has 0 aromatic rings. The monoisotopic (exact) mass is 164 g/mol. The van der Waals surface area contributed by atoms with Crippen LogP contribution in [-0.4, -0.2) is 30.7 Å². The predicted octanol–water partition coefficient (Wildman–Crippen LogP) is 1.77. The maximum atomic E-state index is 5.77. The molecule has 1 atom stereocenters. The van der Waals surface area contributed by atoms with Gasteiger partial charge in [0.2, 0.25) is 0 Å². The van der Waals surface area contributed by atoms with Gasteiger partial charge in [-0.15, -0.1) is 16.2 Å². The van der Waals surface area contributed by atoms with Crippen LogP contribution < -0.4 is 0 Å². The Morgan fingerprint density at radius 3 is 2.50 bits per heavy atom. The fourth-order valence-corrected chi connectivity index (χ4v) is 1.18. The van der Waals surface area contributed by atoms with Crippen LogP contribution in [0.2, 0.25) is 0 Å². The zero-order valence-corrected chi connectivity index (χ0v) is 7.56. The first-order valence-electron chi connectivity index (χ1n) is 3.24. The van der Waals surface area contributed by atoms with E-state index in [1.165, 1.54) is 6.26 Å². The molecule has 0 aromatic heterocycles. The van der Waals surface area contributed by atoms with E-state index < -0.39 is 0 Å². The molecule has 10 heavy (non-hydrogen) atoms. The van der Waals surface area contributed by atoms with E-state index in [0.29, 0.717) is 4.65 Å². The van der Waals surface area contributed by atoms with E-state index in [1.54, 1.807) is 0 Å². The lowest BCUT2D eigenvalue weighted by molar-refractivity contribution is -1.07. The van der Waals surface area contributed by atoms with Crippen LogP contribution in [0.15, 0.2) is 12.8 Å². The van der Waals surface area contributed by atoms with Crippen molar-refractivity contribution in [3.63, 3.8) is 0 Å². The Labute approximate surface area is 67.6 Å². The van der Waals surface area contributed by atoms with E-state index in [4.69, 9.17) is 16.4 Å². The van der Waals surface area contributed by atoms with E-state index in [2.05, 4.69) is 6.58 Å². The fraction of sp³-hybridized carbons (Fsp3) is 0.714. The average Bonchev–Trinajstić information content (AvgIpc) is 1.59. The van der Waals surface area contributed by atoms with Crippen molar-refractivity contribution in [2.45, 2.75) is 12.3 Å². The highest BCUT2D eigenvalue weighted by Crippen LogP contribution is 2.05. The molecule has 2 nitrogen and oxygen atoms in total. The lowest BCUT2D eigenvalue weighted by atomic mass is 10.4. The van der Waals surface area contributed by atoms with E-state index >= 15 is 0 Å². The second kappa shape index (κ2) is 3.84. The molecule has 0 rings (SSSR count). The first kappa shape index (κ1) is 9.79. The Balaban J connectivity index is 3.73. The molecule has 0 aliphatic carbocycles. The Morgan fingerprint density at radius 1 is 1.70 bits per heavy atom. The van der Waals surface area contributed by atoms with Crippen molar-refractivity contribution >= 4 is 11.6 Å². The molecule has 0 fully saturated rings. The summed E-state index contributed by atoms with van der Waals surface area (Å²) < 4.78 is 0.425. The standard InChI is InChI=1S/C7H15ClNO/c1-5-10-9(3,4)6-7(2)8/h5,7H,1,6H2,2-4H3/q+1. The molecule has 0 saturated heterocycles. The molecule has 1 unspecified atom stereocenters. The van der Waals surface area contributed by atoms with Crippen molar-refractivity contribution in [3.8, 4) is 0 Å². The van der Waals surface area contributed by atoms with Crippen LogP contribution in [0.1, 0.15) is 6.92 Å². The van der Waals surface area contributed by atoms with E-state index in [-0.39, 0.29) is 5.38 Å². The molecule has 3 heteroatoms. The minimum atomic E-state index is 0.120. The molecule has 0 spiro atoms. The number of hydrogen-bond acceptors (Lipinski definition) is 1. The van der Waals surface area contributed by atoms with Gasteiger partial charge in [0.25, 0.3) is 0 Å². The second-order valence-corrected chi connectivity index (χ2v) is 3.55. The molecule has 0 bridgehead atoms. The number of halogens is 1. The van der Waals surface area contributed by atoms with Gasteiger partial charge in [-0.2, -0.15) is 0 Å². The summed E-state index contributed by atoms with van der Waals surface area (Å²) in [6.45, 7) is 6.18. The Bertz CT molecular complexity index is 112. The van der Waals surface area contributed by atoms with Crippen molar-refractivity contribution in [1.82, 2.24) is 0 Å². The van der Waals surface area contributed by atoms with E-state index in [1.807, 2.05) is 21.0 Å². The van der Waals surface area contributed by atoms with Gasteiger partial charge >= 0.3 is 0 Å². The molecule has 0 heterocycles. The second-order valence-electron chi connectivity index (χ2n) is 2.81. The molecule has 0 saturated carbocycles. The first-order chi connectivity index (χ1) is 4.48. The number of nitrogens with zero attached hydrogens (tertiary/aromatic N) is 1. The van der Waals surface area contributed by atoms with Crippen LogP contribution in [0.5, 0.6) is 0 Å². The summed E-state index contributed by atoms with van der Waals surface area (Å²) in [6.07, 6.45) is 1.43. The maximum absolute atomic E-state index is 5.77. The Hall–Kier alpha value is -0.210. The van der Waals surface area contributed by atoms with Gasteiger partial charge < -0.3 is 4.84 Å². The molecule has 0 aromatic carbocycles. The highest BCUT2D eigenvalue weighted by molar-refractivity contribution is 6.20. The minimum absolute atomic E-state index is 0.120. The maximum Gasteiger partial charge on any atom is 0.147 e. The number of alkyl halides is 1. The van der Waals surface area contributed by atoms with Crippen LogP contribution in [0.25, 0.3) is 0 Å². The van der Waals surface area contributed by atoms with E-state index in [0.717, 1.165) is 6.54 Å². The van der Waals surface area contributed by atoms with E-state index in [9.17, 15) is 0 Å². The summed E-state index contributed by atoms with van der Waals surface area (Å²) in [7, 11) is 3.86. The number of rotatable bonds is 4. The lowest BCUT2D eigenvalue weighted by Gasteiger charge is -2.26. The van der Waals surface area contributed by atoms with Gasteiger partial charge in [0.15, 0.2) is 0 Å². The van der Waals surface area contributed by atoms with Gasteiger partial charge in [-0.25, -0.2) is 0 Å². The molecular weight excluding hydrogens is 150 g/mol. The van der Waals surface area contributed by atoms with Crippen molar-refractivity contribution in [1.29, 1.82) is 0 Å². The molecule has 0 amide bonds. The molecule has 0 aliphatic rings.